The normalized spacial score (nSPS) is 13.0. The number of benzene rings is 4. The van der Waals surface area contributed by atoms with E-state index in [4.69, 9.17) is 17.9 Å². The van der Waals surface area contributed by atoms with Gasteiger partial charge < -0.3 is 13.6 Å². The van der Waals surface area contributed by atoms with E-state index in [2.05, 4.69) is 0 Å². The fourth-order valence-corrected chi connectivity index (χ4v) is 10.7. The van der Waals surface area contributed by atoms with E-state index in [0.29, 0.717) is 17.2 Å². The number of aryl methyl sites for hydroxylation is 8. The highest BCUT2D eigenvalue weighted by atomic mass is 32.7. The van der Waals surface area contributed by atoms with Crippen LogP contribution in [0.1, 0.15) is 44.5 Å². The minimum absolute atomic E-state index is 0.346. The largest absolute Gasteiger partial charge is 0.595 e. The zero-order valence-electron chi connectivity index (χ0n) is 24.8. The lowest BCUT2D eigenvalue weighted by atomic mass is 10.1. The van der Waals surface area contributed by atoms with Crippen LogP contribution in [0.2, 0.25) is 0 Å². The number of rotatable bonds is 10. The molecule has 4 aromatic carbocycles. The van der Waals surface area contributed by atoms with Gasteiger partial charge in [0.25, 0.3) is 0 Å². The maximum absolute atomic E-state index is 14.6. The van der Waals surface area contributed by atoms with Crippen LogP contribution < -0.4 is 13.6 Å². The molecular weight excluding hydrogens is 572 g/mol. The molecule has 0 amide bonds. The average Bonchev–Trinajstić information content (AvgIpc) is 2.86. The Bertz CT molecular complexity index is 1450. The third kappa shape index (κ3) is 8.08. The first kappa shape index (κ1) is 31.0. The molecule has 4 rings (SSSR count). The Morgan fingerprint density at radius 2 is 0.902 bits per heavy atom. The van der Waals surface area contributed by atoms with Crippen molar-refractivity contribution in [1.29, 1.82) is 5.16 Å². The van der Waals surface area contributed by atoms with E-state index in [1.807, 2.05) is 110 Å². The van der Waals surface area contributed by atoms with E-state index in [-0.39, 0.29) is 0 Å². The maximum Gasteiger partial charge on any atom is 0.595 e. The lowest BCUT2D eigenvalue weighted by molar-refractivity contribution is 0.297. The SMILES string of the molecule is Cc1ccc(OP(=N)(OP(=O)(Oc2ccc(C)cc2C)Oc2ccc(C)cc2C)Sc2ccc(C)cc2C)c(C)c1. The molecule has 0 aromatic heterocycles. The molecule has 0 aliphatic heterocycles. The molecule has 41 heavy (non-hydrogen) atoms. The van der Waals surface area contributed by atoms with Gasteiger partial charge in [-0.3, -0.25) is 0 Å². The highest BCUT2D eigenvalue weighted by Crippen LogP contribution is 2.73. The van der Waals surface area contributed by atoms with Gasteiger partial charge in [-0.15, -0.1) is 0 Å². The zero-order valence-corrected chi connectivity index (χ0v) is 27.4. The Labute approximate surface area is 247 Å². The summed E-state index contributed by atoms with van der Waals surface area (Å²) in [6, 6.07) is 22.7. The predicted molar refractivity (Wildman–Crippen MR) is 170 cm³/mol. The van der Waals surface area contributed by atoms with Gasteiger partial charge >= 0.3 is 14.5 Å². The Morgan fingerprint density at radius 1 is 0.537 bits per heavy atom. The van der Waals surface area contributed by atoms with E-state index in [1.54, 1.807) is 18.2 Å². The summed E-state index contributed by atoms with van der Waals surface area (Å²) in [5.41, 5.74) is 7.56. The molecule has 0 bridgehead atoms. The van der Waals surface area contributed by atoms with Gasteiger partial charge in [0.15, 0.2) is 0 Å². The van der Waals surface area contributed by atoms with E-state index in [1.165, 1.54) is 0 Å². The summed E-state index contributed by atoms with van der Waals surface area (Å²) in [4.78, 5) is 0.785. The van der Waals surface area contributed by atoms with Crippen LogP contribution in [0.3, 0.4) is 0 Å². The van der Waals surface area contributed by atoms with Crippen molar-refractivity contribution in [3.8, 4) is 17.2 Å². The van der Waals surface area contributed by atoms with Crippen molar-refractivity contribution in [1.82, 2.24) is 0 Å². The number of phosphoric ester groups is 1. The fourth-order valence-electron chi connectivity index (χ4n) is 4.34. The Balaban J connectivity index is 1.81. The highest BCUT2D eigenvalue weighted by Gasteiger charge is 2.42. The first-order chi connectivity index (χ1) is 19.2. The second kappa shape index (κ2) is 12.5. The van der Waals surface area contributed by atoms with Crippen molar-refractivity contribution in [2.75, 3.05) is 0 Å². The summed E-state index contributed by atoms with van der Waals surface area (Å²) >= 11 is 1.10. The van der Waals surface area contributed by atoms with Crippen molar-refractivity contribution in [2.24, 2.45) is 0 Å². The van der Waals surface area contributed by atoms with Gasteiger partial charge in [-0.05, 0) is 113 Å². The summed E-state index contributed by atoms with van der Waals surface area (Å²) < 4.78 is 39.3. The van der Waals surface area contributed by atoms with Gasteiger partial charge in [0.1, 0.15) is 17.2 Å². The van der Waals surface area contributed by atoms with Crippen molar-refractivity contribution >= 4 is 25.9 Å². The third-order valence-electron chi connectivity index (χ3n) is 6.39. The highest BCUT2D eigenvalue weighted by molar-refractivity contribution is 8.56. The van der Waals surface area contributed by atoms with Crippen LogP contribution in [0.25, 0.3) is 0 Å². The first-order valence-electron chi connectivity index (χ1n) is 13.3. The Hall–Kier alpha value is -2.95. The van der Waals surface area contributed by atoms with Gasteiger partial charge in [0.2, 0.25) is 0 Å². The van der Waals surface area contributed by atoms with Crippen molar-refractivity contribution in [3.63, 3.8) is 0 Å². The molecule has 0 saturated heterocycles. The summed E-state index contributed by atoms with van der Waals surface area (Å²) in [5.74, 6) is 1.16. The van der Waals surface area contributed by atoms with Crippen LogP contribution in [-0.2, 0) is 8.88 Å². The van der Waals surface area contributed by atoms with Gasteiger partial charge in [-0.1, -0.05) is 70.8 Å². The molecule has 0 heterocycles. The first-order valence-corrected chi connectivity index (χ1v) is 17.8. The van der Waals surface area contributed by atoms with Crippen LogP contribution >= 0.6 is 25.9 Å². The minimum Gasteiger partial charge on any atom is -0.430 e. The monoisotopic (exact) mass is 609 g/mol. The molecule has 0 aliphatic carbocycles. The molecule has 0 fully saturated rings. The lowest BCUT2D eigenvalue weighted by Gasteiger charge is -2.28. The Kier molecular flexibility index (Phi) is 9.45. The van der Waals surface area contributed by atoms with Crippen LogP contribution in [0, 0.1) is 60.6 Å². The molecular formula is C32H37NO5P2S. The fraction of sp³-hybridized carbons (Fsp3) is 0.250. The van der Waals surface area contributed by atoms with Crippen molar-refractivity contribution in [2.45, 2.75) is 60.3 Å². The van der Waals surface area contributed by atoms with Crippen LogP contribution in [0.4, 0.5) is 0 Å². The molecule has 0 aliphatic rings. The second-order valence-electron chi connectivity index (χ2n) is 10.5. The molecule has 1 unspecified atom stereocenters. The number of phosphoric acid groups is 1. The number of nitrogens with one attached hydrogen (secondary N) is 1. The van der Waals surface area contributed by atoms with Crippen LogP contribution in [0.5, 0.6) is 17.2 Å². The minimum atomic E-state index is -4.48. The lowest BCUT2D eigenvalue weighted by Crippen LogP contribution is -2.07. The summed E-state index contributed by atoms with van der Waals surface area (Å²) in [6.45, 7) is 11.8. The standard InChI is InChI=1S/C32H37NO5P2S/c1-21-9-13-29(25(5)17-21)35-39(33,41-32-16-12-24(4)20-28(32)8)38-40(34,36-30-14-10-22(2)18-26(30)6)37-31-15-11-23(3)19-27(31)7/h9-20,33H,1-8H3. The van der Waals surface area contributed by atoms with Gasteiger partial charge in [0, 0.05) is 4.90 Å². The van der Waals surface area contributed by atoms with Crippen molar-refractivity contribution in [3.05, 3.63) is 117 Å². The van der Waals surface area contributed by atoms with Gasteiger partial charge in [0.05, 0.1) is 0 Å². The molecule has 9 heteroatoms. The van der Waals surface area contributed by atoms with Crippen LogP contribution in [-0.4, -0.2) is 0 Å². The Morgan fingerprint density at radius 3 is 1.29 bits per heavy atom. The van der Waals surface area contributed by atoms with Gasteiger partial charge in [-0.2, -0.15) is 4.31 Å². The molecule has 0 saturated carbocycles. The second-order valence-corrected chi connectivity index (χ2v) is 16.2. The summed E-state index contributed by atoms with van der Waals surface area (Å²) in [6.07, 6.45) is 0. The van der Waals surface area contributed by atoms with Gasteiger partial charge in [-0.25, -0.2) is 9.73 Å². The molecule has 0 radical (unpaired) electrons. The van der Waals surface area contributed by atoms with Crippen LogP contribution in [0.15, 0.2) is 77.7 Å². The zero-order chi connectivity index (χ0) is 29.9. The molecule has 1 N–H and O–H groups in total. The van der Waals surface area contributed by atoms with E-state index < -0.39 is 14.5 Å². The van der Waals surface area contributed by atoms with E-state index >= 15 is 0 Å². The number of hydrogen-bond donors (Lipinski definition) is 1. The number of hydrogen-bond acceptors (Lipinski definition) is 7. The predicted octanol–water partition coefficient (Wildman–Crippen LogP) is 11.1. The van der Waals surface area contributed by atoms with E-state index in [0.717, 1.165) is 60.8 Å². The molecule has 0 spiro atoms. The molecule has 6 nitrogen and oxygen atoms in total. The molecule has 216 valence electrons. The summed E-state index contributed by atoms with van der Waals surface area (Å²) in [7, 11) is -4.48. The average molecular weight is 610 g/mol. The molecule has 4 aromatic rings. The summed E-state index contributed by atoms with van der Waals surface area (Å²) in [5, 5.41) is 9.56. The third-order valence-corrected chi connectivity index (χ3v) is 12.4. The quantitative estimate of drug-likeness (QED) is 0.180. The topological polar surface area (TPSA) is 77.8 Å². The maximum atomic E-state index is 14.6. The van der Waals surface area contributed by atoms with E-state index in [9.17, 15) is 9.73 Å². The van der Waals surface area contributed by atoms with Crippen molar-refractivity contribution < 1.29 is 22.4 Å². The smallest absolute Gasteiger partial charge is 0.430 e. The molecule has 1 atom stereocenters.